The highest BCUT2D eigenvalue weighted by Crippen LogP contribution is 2.10. The fraction of sp³-hybridized carbons (Fsp3) is 0.409. The molecular formula is C22H28FN4O2+. The number of carbonyl (C=O) groups is 2. The molecule has 1 fully saturated rings. The Morgan fingerprint density at radius 1 is 1.10 bits per heavy atom. The largest absolute Gasteiger partial charge is 0.340 e. The van der Waals surface area contributed by atoms with Gasteiger partial charge in [-0.2, -0.15) is 0 Å². The SMILES string of the molecule is CC(C)[C@H](NC(=O)c1ccc(F)cc1)C(=O)N1CC[NH+](Cc2ccncc2)CC1. The lowest BCUT2D eigenvalue weighted by Crippen LogP contribution is -3.13. The Hall–Kier alpha value is -2.80. The molecule has 2 heterocycles. The number of hydrogen-bond donors (Lipinski definition) is 2. The zero-order valence-electron chi connectivity index (χ0n) is 16.9. The van der Waals surface area contributed by atoms with Crippen LogP contribution < -0.4 is 10.2 Å². The number of piperazine rings is 1. The Labute approximate surface area is 170 Å². The van der Waals surface area contributed by atoms with E-state index >= 15 is 0 Å². The second-order valence-corrected chi connectivity index (χ2v) is 7.81. The van der Waals surface area contributed by atoms with Gasteiger partial charge >= 0.3 is 0 Å². The highest BCUT2D eigenvalue weighted by molar-refractivity contribution is 5.97. The molecule has 0 spiro atoms. The van der Waals surface area contributed by atoms with Crippen LogP contribution in [0.2, 0.25) is 0 Å². The van der Waals surface area contributed by atoms with Crippen LogP contribution in [-0.2, 0) is 11.3 Å². The molecule has 1 atom stereocenters. The lowest BCUT2D eigenvalue weighted by Gasteiger charge is -2.35. The number of nitrogens with one attached hydrogen (secondary N) is 2. The Balaban J connectivity index is 1.57. The van der Waals surface area contributed by atoms with Crippen LogP contribution >= 0.6 is 0 Å². The second-order valence-electron chi connectivity index (χ2n) is 7.81. The third kappa shape index (κ3) is 5.60. The number of amides is 2. The van der Waals surface area contributed by atoms with Crippen LogP contribution in [0.25, 0.3) is 0 Å². The fourth-order valence-electron chi connectivity index (χ4n) is 3.55. The zero-order valence-corrected chi connectivity index (χ0v) is 16.9. The van der Waals surface area contributed by atoms with E-state index in [-0.39, 0.29) is 17.7 Å². The summed E-state index contributed by atoms with van der Waals surface area (Å²) in [7, 11) is 0. The summed E-state index contributed by atoms with van der Waals surface area (Å²) < 4.78 is 13.1. The van der Waals surface area contributed by atoms with Crippen LogP contribution in [-0.4, -0.2) is 53.9 Å². The molecule has 1 saturated heterocycles. The molecule has 0 bridgehead atoms. The predicted molar refractivity (Wildman–Crippen MR) is 108 cm³/mol. The van der Waals surface area contributed by atoms with Crippen molar-refractivity contribution in [2.24, 2.45) is 5.92 Å². The molecule has 0 saturated carbocycles. The number of benzene rings is 1. The number of halogens is 1. The summed E-state index contributed by atoms with van der Waals surface area (Å²) in [4.78, 5) is 32.9. The average Bonchev–Trinajstić information content (AvgIpc) is 2.73. The van der Waals surface area contributed by atoms with E-state index in [1.165, 1.54) is 34.7 Å². The van der Waals surface area contributed by atoms with Crippen LogP contribution in [0, 0.1) is 11.7 Å². The second kappa shape index (κ2) is 9.60. The molecule has 2 aromatic rings. The van der Waals surface area contributed by atoms with Crippen LogP contribution in [0.4, 0.5) is 4.39 Å². The summed E-state index contributed by atoms with van der Waals surface area (Å²) in [6.07, 6.45) is 3.59. The molecule has 1 aliphatic heterocycles. The summed E-state index contributed by atoms with van der Waals surface area (Å²) >= 11 is 0. The number of carbonyl (C=O) groups excluding carboxylic acids is 2. The molecule has 1 aromatic heterocycles. The Morgan fingerprint density at radius 3 is 2.31 bits per heavy atom. The van der Waals surface area contributed by atoms with Crippen molar-refractivity contribution in [3.63, 3.8) is 0 Å². The summed E-state index contributed by atoms with van der Waals surface area (Å²) in [5, 5.41) is 2.83. The third-order valence-electron chi connectivity index (χ3n) is 5.31. The number of quaternary nitrogens is 1. The van der Waals surface area contributed by atoms with E-state index in [1.54, 1.807) is 12.4 Å². The normalized spacial score (nSPS) is 15.9. The number of pyridine rings is 1. The van der Waals surface area contributed by atoms with Crippen molar-refractivity contribution in [3.05, 3.63) is 65.7 Å². The minimum Gasteiger partial charge on any atom is -0.340 e. The average molecular weight is 399 g/mol. The van der Waals surface area contributed by atoms with E-state index in [2.05, 4.69) is 10.3 Å². The zero-order chi connectivity index (χ0) is 20.8. The van der Waals surface area contributed by atoms with Gasteiger partial charge in [0.25, 0.3) is 5.91 Å². The minimum atomic E-state index is -0.602. The molecule has 29 heavy (non-hydrogen) atoms. The quantitative estimate of drug-likeness (QED) is 0.759. The lowest BCUT2D eigenvalue weighted by molar-refractivity contribution is -0.917. The number of nitrogens with zero attached hydrogens (tertiary/aromatic N) is 2. The van der Waals surface area contributed by atoms with E-state index in [9.17, 15) is 14.0 Å². The van der Waals surface area contributed by atoms with Crippen molar-refractivity contribution in [3.8, 4) is 0 Å². The van der Waals surface area contributed by atoms with Gasteiger partial charge in [0.1, 0.15) is 18.4 Å². The lowest BCUT2D eigenvalue weighted by atomic mass is 10.0. The Kier molecular flexibility index (Phi) is 6.93. The van der Waals surface area contributed by atoms with Crippen molar-refractivity contribution >= 4 is 11.8 Å². The molecule has 2 amide bonds. The maximum Gasteiger partial charge on any atom is 0.251 e. The molecule has 1 aromatic carbocycles. The number of hydrogen-bond acceptors (Lipinski definition) is 3. The molecule has 3 rings (SSSR count). The molecule has 7 heteroatoms. The third-order valence-corrected chi connectivity index (χ3v) is 5.31. The van der Waals surface area contributed by atoms with Gasteiger partial charge in [-0.05, 0) is 42.3 Å². The first-order chi connectivity index (χ1) is 13.9. The van der Waals surface area contributed by atoms with E-state index in [0.29, 0.717) is 18.7 Å². The summed E-state index contributed by atoms with van der Waals surface area (Å²) in [6, 6.07) is 8.77. The van der Waals surface area contributed by atoms with Crippen LogP contribution in [0.15, 0.2) is 48.8 Å². The van der Waals surface area contributed by atoms with Gasteiger partial charge in [-0.1, -0.05) is 13.8 Å². The smallest absolute Gasteiger partial charge is 0.251 e. The molecule has 0 aliphatic carbocycles. The van der Waals surface area contributed by atoms with Crippen molar-refractivity contribution < 1.29 is 18.9 Å². The maximum absolute atomic E-state index is 13.1. The highest BCUT2D eigenvalue weighted by Gasteiger charge is 2.32. The van der Waals surface area contributed by atoms with Crippen molar-refractivity contribution in [1.29, 1.82) is 0 Å². The molecule has 154 valence electrons. The van der Waals surface area contributed by atoms with Gasteiger partial charge in [0.15, 0.2) is 0 Å². The molecule has 2 N–H and O–H groups in total. The van der Waals surface area contributed by atoms with Crippen LogP contribution in [0.1, 0.15) is 29.8 Å². The van der Waals surface area contributed by atoms with Gasteiger partial charge in [-0.15, -0.1) is 0 Å². The Bertz CT molecular complexity index is 818. The van der Waals surface area contributed by atoms with Crippen LogP contribution in [0.5, 0.6) is 0 Å². The summed E-state index contributed by atoms with van der Waals surface area (Å²) in [5.41, 5.74) is 1.58. The van der Waals surface area contributed by atoms with Gasteiger partial charge in [0, 0.05) is 23.5 Å². The first-order valence-corrected chi connectivity index (χ1v) is 10.0. The van der Waals surface area contributed by atoms with Gasteiger partial charge in [-0.3, -0.25) is 14.6 Å². The first kappa shape index (κ1) is 20.9. The molecule has 0 radical (unpaired) electrons. The topological polar surface area (TPSA) is 66.7 Å². The summed E-state index contributed by atoms with van der Waals surface area (Å²) in [6.45, 7) is 7.80. The van der Waals surface area contributed by atoms with Crippen molar-refractivity contribution in [2.45, 2.75) is 26.4 Å². The predicted octanol–water partition coefficient (Wildman–Crippen LogP) is 0.902. The number of rotatable bonds is 6. The first-order valence-electron chi connectivity index (χ1n) is 10.0. The van der Waals surface area contributed by atoms with Crippen LogP contribution in [0.3, 0.4) is 0 Å². The van der Waals surface area contributed by atoms with Gasteiger partial charge in [-0.25, -0.2) is 4.39 Å². The van der Waals surface area contributed by atoms with E-state index in [4.69, 9.17) is 0 Å². The molecule has 1 aliphatic rings. The molecular weight excluding hydrogens is 371 g/mol. The number of aromatic nitrogens is 1. The van der Waals surface area contributed by atoms with Crippen molar-refractivity contribution in [1.82, 2.24) is 15.2 Å². The minimum absolute atomic E-state index is 0.0471. The highest BCUT2D eigenvalue weighted by atomic mass is 19.1. The standard InChI is InChI=1S/C22H27FN4O2/c1-16(2)20(25-21(28)18-3-5-19(23)6-4-18)22(29)27-13-11-26(12-14-27)15-17-7-9-24-10-8-17/h3-10,16,20H,11-15H2,1-2H3,(H,25,28)/p+1/t20-/m0/s1. The fourth-order valence-corrected chi connectivity index (χ4v) is 3.55. The van der Waals surface area contributed by atoms with E-state index in [0.717, 1.165) is 19.6 Å². The maximum atomic E-state index is 13.1. The van der Waals surface area contributed by atoms with Gasteiger partial charge in [0.2, 0.25) is 5.91 Å². The summed E-state index contributed by atoms with van der Waals surface area (Å²) in [5.74, 6) is -0.864. The molecule has 6 nitrogen and oxygen atoms in total. The van der Waals surface area contributed by atoms with Gasteiger partial charge < -0.3 is 15.1 Å². The van der Waals surface area contributed by atoms with E-state index in [1.807, 2.05) is 30.9 Å². The van der Waals surface area contributed by atoms with Crippen molar-refractivity contribution in [2.75, 3.05) is 26.2 Å². The monoisotopic (exact) mass is 399 g/mol. The van der Waals surface area contributed by atoms with E-state index < -0.39 is 11.9 Å². The van der Waals surface area contributed by atoms with Gasteiger partial charge in [0.05, 0.1) is 26.2 Å². The molecule has 0 unspecified atom stereocenters. The Morgan fingerprint density at radius 2 is 1.72 bits per heavy atom.